The van der Waals surface area contributed by atoms with Crippen molar-refractivity contribution in [1.29, 1.82) is 0 Å². The molecule has 4 aliphatic rings. The Morgan fingerprint density at radius 3 is 2.08 bits per heavy atom. The molecule has 3 N–H and O–H groups in total. The lowest BCUT2D eigenvalue weighted by molar-refractivity contribution is -0.149. The predicted molar refractivity (Wildman–Crippen MR) is 140 cm³/mol. The first-order valence-corrected chi connectivity index (χ1v) is 15.2. The molecule has 0 aliphatic heterocycles. The zero-order valence-corrected chi connectivity index (χ0v) is 23.2. The Bertz CT molecular complexity index is 1080. The van der Waals surface area contributed by atoms with Crippen LogP contribution >= 0.6 is 0 Å². The molecule has 0 aromatic carbocycles. The summed E-state index contributed by atoms with van der Waals surface area (Å²) in [5.74, 6) is -4.29. The van der Waals surface area contributed by atoms with Gasteiger partial charge < -0.3 is 15.3 Å². The lowest BCUT2D eigenvalue weighted by Gasteiger charge is -2.49. The molecule has 0 amide bonds. The number of carbonyl (C=O) groups is 2. The largest absolute Gasteiger partial charge is 0.481 e. The van der Waals surface area contributed by atoms with E-state index in [2.05, 4.69) is 13.2 Å². The van der Waals surface area contributed by atoms with Crippen LogP contribution in [0.5, 0.6) is 0 Å². The summed E-state index contributed by atoms with van der Waals surface area (Å²) in [7, 11) is -4.20. The number of carboxylic acids is 2. The van der Waals surface area contributed by atoms with Crippen molar-refractivity contribution in [2.75, 3.05) is 0 Å². The zero-order chi connectivity index (χ0) is 27.5. The second-order valence-corrected chi connectivity index (χ2v) is 14.4. The standard InChI is InChI=1S/C28H43NO7S/c1-16-21(17(2)25(31)32)11-12-22(24(16)26(33)34)29(20-9-7-6-8-10-20)37(35,36)18(3)28-14-13-19(15-23(28)30)27(28,4)5/h16,19-24,30H,2-3,6-15H2,1,4-5H3,(H,31,32)(H,33,34). The minimum Gasteiger partial charge on any atom is -0.481 e. The zero-order valence-electron chi connectivity index (χ0n) is 22.4. The van der Waals surface area contributed by atoms with Gasteiger partial charge in [-0.25, -0.2) is 13.2 Å². The van der Waals surface area contributed by atoms with Crippen LogP contribution in [0.4, 0.5) is 0 Å². The van der Waals surface area contributed by atoms with Gasteiger partial charge in [0, 0.05) is 23.1 Å². The van der Waals surface area contributed by atoms with Crippen molar-refractivity contribution in [2.24, 2.45) is 34.5 Å². The van der Waals surface area contributed by atoms with Gasteiger partial charge in [-0.05, 0) is 68.1 Å². The van der Waals surface area contributed by atoms with E-state index in [9.17, 15) is 33.3 Å². The molecule has 8 nitrogen and oxygen atoms in total. The van der Waals surface area contributed by atoms with Gasteiger partial charge in [-0.1, -0.05) is 53.2 Å². The molecule has 0 saturated heterocycles. The fraction of sp³-hybridized carbons (Fsp3) is 0.786. The van der Waals surface area contributed by atoms with E-state index in [0.29, 0.717) is 32.1 Å². The molecule has 0 radical (unpaired) electrons. The molecule has 0 heterocycles. The summed E-state index contributed by atoms with van der Waals surface area (Å²) in [6.07, 6.45) is 5.75. The van der Waals surface area contributed by atoms with Gasteiger partial charge in [0.15, 0.2) is 0 Å². The number of rotatable bonds is 8. The van der Waals surface area contributed by atoms with Crippen LogP contribution in [0.1, 0.15) is 85.0 Å². The highest BCUT2D eigenvalue weighted by Gasteiger charge is 2.68. The van der Waals surface area contributed by atoms with Crippen LogP contribution in [0, 0.1) is 34.5 Å². The Morgan fingerprint density at radius 2 is 1.59 bits per heavy atom. The summed E-state index contributed by atoms with van der Waals surface area (Å²) in [5.41, 5.74) is -1.44. The topological polar surface area (TPSA) is 132 Å². The smallest absolute Gasteiger partial charge is 0.331 e. The summed E-state index contributed by atoms with van der Waals surface area (Å²) in [6, 6.07) is -1.16. The fourth-order valence-electron chi connectivity index (χ4n) is 8.67. The number of sulfonamides is 1. The lowest BCUT2D eigenvalue weighted by atomic mass is 9.67. The summed E-state index contributed by atoms with van der Waals surface area (Å²) >= 11 is 0. The monoisotopic (exact) mass is 537 g/mol. The summed E-state index contributed by atoms with van der Waals surface area (Å²) in [6.45, 7) is 13.6. The average molecular weight is 538 g/mol. The molecule has 208 valence electrons. The van der Waals surface area contributed by atoms with E-state index in [1.54, 1.807) is 6.92 Å². The molecular formula is C28H43NO7S. The first-order valence-electron chi connectivity index (χ1n) is 13.8. The Morgan fingerprint density at radius 1 is 0.973 bits per heavy atom. The van der Waals surface area contributed by atoms with Crippen molar-refractivity contribution in [3.8, 4) is 0 Å². The van der Waals surface area contributed by atoms with Gasteiger partial charge in [-0.3, -0.25) is 4.79 Å². The third-order valence-electron chi connectivity index (χ3n) is 10.9. The third kappa shape index (κ3) is 4.20. The van der Waals surface area contributed by atoms with Gasteiger partial charge in [0.25, 0.3) is 0 Å². The molecule has 4 aliphatic carbocycles. The van der Waals surface area contributed by atoms with Gasteiger partial charge >= 0.3 is 11.9 Å². The molecule has 0 aromatic rings. The Kier molecular flexibility index (Phi) is 7.49. The highest BCUT2D eigenvalue weighted by Crippen LogP contribution is 2.69. The first-order chi connectivity index (χ1) is 17.2. The first kappa shape index (κ1) is 28.3. The van der Waals surface area contributed by atoms with Crippen LogP contribution in [-0.2, 0) is 19.6 Å². The van der Waals surface area contributed by atoms with Crippen LogP contribution in [-0.4, -0.2) is 58.2 Å². The van der Waals surface area contributed by atoms with Crippen molar-refractivity contribution >= 4 is 22.0 Å². The van der Waals surface area contributed by atoms with Gasteiger partial charge in [-0.15, -0.1) is 0 Å². The van der Waals surface area contributed by atoms with Crippen molar-refractivity contribution in [1.82, 2.24) is 4.31 Å². The molecule has 7 unspecified atom stereocenters. The summed E-state index contributed by atoms with van der Waals surface area (Å²) in [5, 5.41) is 31.0. The third-order valence-corrected chi connectivity index (χ3v) is 13.0. The van der Waals surface area contributed by atoms with Crippen LogP contribution in [0.3, 0.4) is 0 Å². The second-order valence-electron chi connectivity index (χ2n) is 12.5. The molecule has 0 aromatic heterocycles. The SMILES string of the molecule is C=C(C(=O)O)C1CCC(N(C2CCCCC2)S(=O)(=O)C(=C)C23CCC(CC2O)C3(C)C)C(C(=O)O)C1C. The van der Waals surface area contributed by atoms with Gasteiger partial charge in [0.05, 0.1) is 16.9 Å². The number of carboxylic acid groups (broad SMARTS) is 2. The maximum atomic E-state index is 14.6. The molecule has 4 rings (SSSR count). The van der Waals surface area contributed by atoms with E-state index < -0.39 is 62.7 Å². The van der Waals surface area contributed by atoms with Crippen molar-refractivity contribution in [2.45, 2.75) is 103 Å². The second kappa shape index (κ2) is 9.79. The number of hydrogen-bond acceptors (Lipinski definition) is 5. The highest BCUT2D eigenvalue weighted by atomic mass is 32.2. The van der Waals surface area contributed by atoms with Gasteiger partial charge in [0.1, 0.15) is 0 Å². The maximum Gasteiger partial charge on any atom is 0.331 e. The van der Waals surface area contributed by atoms with E-state index in [-0.39, 0.29) is 28.9 Å². The van der Waals surface area contributed by atoms with Gasteiger partial charge in [-0.2, -0.15) is 4.31 Å². The number of fused-ring (bicyclic) bond motifs is 2. The molecular weight excluding hydrogens is 494 g/mol. The molecule has 2 bridgehead atoms. The van der Waals surface area contributed by atoms with Crippen molar-refractivity contribution in [3.63, 3.8) is 0 Å². The molecule has 0 spiro atoms. The Hall–Kier alpha value is -1.71. The van der Waals surface area contributed by atoms with E-state index in [4.69, 9.17) is 0 Å². The molecule has 37 heavy (non-hydrogen) atoms. The number of aliphatic hydroxyl groups excluding tert-OH is 1. The highest BCUT2D eigenvalue weighted by molar-refractivity contribution is 7.93. The van der Waals surface area contributed by atoms with E-state index in [1.807, 2.05) is 13.8 Å². The number of nitrogens with zero attached hydrogens (tertiary/aromatic N) is 1. The minimum absolute atomic E-state index is 0.0249. The van der Waals surface area contributed by atoms with E-state index in [1.165, 1.54) is 4.31 Å². The number of aliphatic carboxylic acids is 2. The Labute approximate surface area is 220 Å². The van der Waals surface area contributed by atoms with Crippen LogP contribution < -0.4 is 0 Å². The normalized spacial score (nSPS) is 38.0. The van der Waals surface area contributed by atoms with E-state index >= 15 is 0 Å². The quantitative estimate of drug-likeness (QED) is 0.391. The number of aliphatic hydroxyl groups is 1. The fourth-order valence-corrected chi connectivity index (χ4v) is 11.1. The summed E-state index contributed by atoms with van der Waals surface area (Å²) in [4.78, 5) is 24.4. The maximum absolute atomic E-state index is 14.6. The molecule has 4 fully saturated rings. The number of hydrogen-bond donors (Lipinski definition) is 3. The van der Waals surface area contributed by atoms with Crippen molar-refractivity contribution < 1.29 is 33.3 Å². The summed E-state index contributed by atoms with van der Waals surface area (Å²) < 4.78 is 30.7. The van der Waals surface area contributed by atoms with Gasteiger partial charge in [0.2, 0.25) is 10.0 Å². The average Bonchev–Trinajstić information content (AvgIpc) is 3.19. The van der Waals surface area contributed by atoms with Crippen LogP contribution in [0.15, 0.2) is 23.6 Å². The predicted octanol–water partition coefficient (Wildman–Crippen LogP) is 4.41. The minimum atomic E-state index is -4.20. The lowest BCUT2D eigenvalue weighted by Crippen LogP contribution is -2.58. The molecule has 7 atom stereocenters. The Balaban J connectivity index is 1.78. The molecule has 9 heteroatoms. The molecule has 4 saturated carbocycles. The van der Waals surface area contributed by atoms with Crippen LogP contribution in [0.2, 0.25) is 0 Å². The van der Waals surface area contributed by atoms with Crippen LogP contribution in [0.25, 0.3) is 0 Å². The van der Waals surface area contributed by atoms with Crippen molar-refractivity contribution in [3.05, 3.63) is 23.6 Å². The van der Waals surface area contributed by atoms with E-state index in [0.717, 1.165) is 25.7 Å².